The number of nitrogens with zero attached hydrogens (tertiary/aromatic N) is 3. The molecular weight excluding hydrogens is 232 g/mol. The smallest absolute Gasteiger partial charge is 0.195 e. The quantitative estimate of drug-likeness (QED) is 0.905. The number of rotatable bonds is 3. The van der Waals surface area contributed by atoms with Crippen molar-refractivity contribution in [2.24, 2.45) is 12.8 Å². The van der Waals surface area contributed by atoms with E-state index in [9.17, 15) is 0 Å². The number of nitrogens with two attached hydrogens (primary N) is 1. The summed E-state index contributed by atoms with van der Waals surface area (Å²) >= 11 is 1.60. The number of hydrogen-bond acceptors (Lipinski definition) is 4. The highest BCUT2D eigenvalue weighted by Crippen LogP contribution is 2.31. The largest absolute Gasteiger partial charge is 0.324 e. The zero-order valence-corrected chi connectivity index (χ0v) is 11.0. The predicted octanol–water partition coefficient (Wildman–Crippen LogP) is 2.29. The van der Waals surface area contributed by atoms with Gasteiger partial charge in [0.1, 0.15) is 5.82 Å². The molecule has 1 aromatic heterocycles. The highest BCUT2D eigenvalue weighted by Gasteiger charge is 2.11. The summed E-state index contributed by atoms with van der Waals surface area (Å²) in [6.07, 6.45) is 0. The number of aromatic nitrogens is 3. The van der Waals surface area contributed by atoms with E-state index in [-0.39, 0.29) is 6.04 Å². The van der Waals surface area contributed by atoms with Crippen molar-refractivity contribution in [2.75, 3.05) is 0 Å². The molecule has 1 aromatic carbocycles. The maximum atomic E-state index is 5.96. The van der Waals surface area contributed by atoms with E-state index in [0.717, 1.165) is 21.4 Å². The third kappa shape index (κ3) is 2.50. The molecule has 0 saturated heterocycles. The second kappa shape index (κ2) is 4.89. The van der Waals surface area contributed by atoms with Crippen molar-refractivity contribution >= 4 is 11.8 Å². The summed E-state index contributed by atoms with van der Waals surface area (Å²) in [5.74, 6) is 0.908. The Bertz CT molecular complexity index is 519. The first-order valence-electron chi connectivity index (χ1n) is 5.48. The predicted molar refractivity (Wildman–Crippen MR) is 68.9 cm³/mol. The van der Waals surface area contributed by atoms with Gasteiger partial charge in [0.2, 0.25) is 0 Å². The molecule has 0 bridgehead atoms. The highest BCUT2D eigenvalue weighted by atomic mass is 32.2. The first-order valence-corrected chi connectivity index (χ1v) is 6.29. The van der Waals surface area contributed by atoms with E-state index < -0.39 is 0 Å². The van der Waals surface area contributed by atoms with Gasteiger partial charge >= 0.3 is 0 Å². The molecule has 0 aliphatic carbocycles. The van der Waals surface area contributed by atoms with Crippen LogP contribution >= 0.6 is 11.8 Å². The maximum Gasteiger partial charge on any atom is 0.195 e. The summed E-state index contributed by atoms with van der Waals surface area (Å²) in [6.45, 7) is 3.93. The molecule has 5 heteroatoms. The Morgan fingerprint density at radius 1 is 1.29 bits per heavy atom. The maximum absolute atomic E-state index is 5.96. The van der Waals surface area contributed by atoms with Crippen LogP contribution in [0, 0.1) is 6.92 Å². The van der Waals surface area contributed by atoms with Gasteiger partial charge in [-0.05, 0) is 37.2 Å². The molecule has 0 amide bonds. The second-order valence-electron chi connectivity index (χ2n) is 4.02. The Morgan fingerprint density at radius 3 is 2.59 bits per heavy atom. The van der Waals surface area contributed by atoms with E-state index in [4.69, 9.17) is 5.73 Å². The molecule has 1 heterocycles. The molecule has 0 aliphatic rings. The van der Waals surface area contributed by atoms with E-state index >= 15 is 0 Å². The van der Waals surface area contributed by atoms with Gasteiger partial charge < -0.3 is 10.3 Å². The van der Waals surface area contributed by atoms with E-state index in [1.165, 1.54) is 0 Å². The molecule has 2 N–H and O–H groups in total. The van der Waals surface area contributed by atoms with Gasteiger partial charge in [0.05, 0.1) is 0 Å². The molecule has 1 atom stereocenters. The topological polar surface area (TPSA) is 56.7 Å². The Labute approximate surface area is 105 Å². The zero-order valence-electron chi connectivity index (χ0n) is 10.2. The van der Waals surface area contributed by atoms with Crippen molar-refractivity contribution in [1.82, 2.24) is 14.8 Å². The van der Waals surface area contributed by atoms with E-state index in [1.807, 2.05) is 37.6 Å². The van der Waals surface area contributed by atoms with Crippen molar-refractivity contribution in [1.29, 1.82) is 0 Å². The minimum Gasteiger partial charge on any atom is -0.324 e. The van der Waals surface area contributed by atoms with Crippen LogP contribution in [0.25, 0.3) is 0 Å². The van der Waals surface area contributed by atoms with Crippen LogP contribution in [-0.2, 0) is 7.05 Å². The zero-order chi connectivity index (χ0) is 12.4. The van der Waals surface area contributed by atoms with Crippen LogP contribution in [0.3, 0.4) is 0 Å². The van der Waals surface area contributed by atoms with E-state index in [2.05, 4.69) is 22.3 Å². The summed E-state index contributed by atoms with van der Waals surface area (Å²) in [4.78, 5) is 1.14. The van der Waals surface area contributed by atoms with Crippen molar-refractivity contribution in [2.45, 2.75) is 29.9 Å². The van der Waals surface area contributed by atoms with Gasteiger partial charge in [0.15, 0.2) is 5.16 Å². The average molecular weight is 248 g/mol. The molecule has 4 nitrogen and oxygen atoms in total. The van der Waals surface area contributed by atoms with Crippen LogP contribution in [0.2, 0.25) is 0 Å². The lowest BCUT2D eigenvalue weighted by Gasteiger charge is -2.11. The van der Waals surface area contributed by atoms with Crippen molar-refractivity contribution in [3.63, 3.8) is 0 Å². The Hall–Kier alpha value is -1.33. The number of benzene rings is 1. The number of aryl methyl sites for hydroxylation is 1. The van der Waals surface area contributed by atoms with Gasteiger partial charge in [-0.25, -0.2) is 0 Å². The van der Waals surface area contributed by atoms with Gasteiger partial charge in [-0.1, -0.05) is 18.2 Å². The third-order valence-electron chi connectivity index (χ3n) is 2.66. The van der Waals surface area contributed by atoms with Crippen molar-refractivity contribution in [3.05, 3.63) is 35.7 Å². The van der Waals surface area contributed by atoms with Crippen LogP contribution in [0.4, 0.5) is 0 Å². The van der Waals surface area contributed by atoms with Crippen LogP contribution in [0.15, 0.2) is 34.3 Å². The summed E-state index contributed by atoms with van der Waals surface area (Å²) in [5.41, 5.74) is 7.09. The second-order valence-corrected chi connectivity index (χ2v) is 5.03. The van der Waals surface area contributed by atoms with Crippen LogP contribution < -0.4 is 5.73 Å². The fourth-order valence-electron chi connectivity index (χ4n) is 1.52. The molecule has 0 fully saturated rings. The number of hydrogen-bond donors (Lipinski definition) is 1. The Morgan fingerprint density at radius 2 is 2.00 bits per heavy atom. The van der Waals surface area contributed by atoms with Crippen molar-refractivity contribution < 1.29 is 0 Å². The molecule has 17 heavy (non-hydrogen) atoms. The van der Waals surface area contributed by atoms with Crippen LogP contribution in [-0.4, -0.2) is 14.8 Å². The SMILES string of the molecule is Cc1nnc(Sc2ccccc2[C@@H](C)N)n1C. The molecule has 2 rings (SSSR count). The first-order chi connectivity index (χ1) is 8.09. The van der Waals surface area contributed by atoms with Gasteiger partial charge in [0, 0.05) is 18.0 Å². The summed E-state index contributed by atoms with van der Waals surface area (Å²) < 4.78 is 1.97. The fraction of sp³-hybridized carbons (Fsp3) is 0.333. The molecule has 0 aliphatic heterocycles. The molecule has 0 radical (unpaired) electrons. The van der Waals surface area contributed by atoms with Gasteiger partial charge in [0.25, 0.3) is 0 Å². The molecule has 0 unspecified atom stereocenters. The monoisotopic (exact) mass is 248 g/mol. The minimum atomic E-state index is 0.0213. The van der Waals surface area contributed by atoms with Crippen molar-refractivity contribution in [3.8, 4) is 0 Å². The fourth-order valence-corrected chi connectivity index (χ4v) is 2.59. The van der Waals surface area contributed by atoms with Crippen LogP contribution in [0.1, 0.15) is 24.4 Å². The average Bonchev–Trinajstić information content (AvgIpc) is 2.61. The minimum absolute atomic E-state index is 0.0213. The lowest BCUT2D eigenvalue weighted by molar-refractivity contribution is 0.762. The van der Waals surface area contributed by atoms with E-state index in [1.54, 1.807) is 11.8 Å². The molecule has 2 aromatic rings. The lowest BCUT2D eigenvalue weighted by Crippen LogP contribution is -2.06. The molecule has 0 spiro atoms. The summed E-state index contributed by atoms with van der Waals surface area (Å²) in [6, 6.07) is 8.15. The summed E-state index contributed by atoms with van der Waals surface area (Å²) in [7, 11) is 1.96. The summed E-state index contributed by atoms with van der Waals surface area (Å²) in [5, 5.41) is 9.08. The molecule has 90 valence electrons. The highest BCUT2D eigenvalue weighted by molar-refractivity contribution is 7.99. The lowest BCUT2D eigenvalue weighted by atomic mass is 10.1. The van der Waals surface area contributed by atoms with Crippen LogP contribution in [0.5, 0.6) is 0 Å². The molecular formula is C12H16N4S. The third-order valence-corrected chi connectivity index (χ3v) is 3.79. The van der Waals surface area contributed by atoms with Gasteiger partial charge in [-0.15, -0.1) is 10.2 Å². The standard InChI is InChI=1S/C12H16N4S/c1-8(13)10-6-4-5-7-11(10)17-12-15-14-9(2)16(12)3/h4-8H,13H2,1-3H3/t8-/m1/s1. The van der Waals surface area contributed by atoms with Gasteiger partial charge in [-0.2, -0.15) is 0 Å². The first kappa shape index (κ1) is 12.1. The normalized spacial score (nSPS) is 12.7. The van der Waals surface area contributed by atoms with E-state index in [0.29, 0.717) is 0 Å². The Balaban J connectivity index is 2.33. The molecule has 0 saturated carbocycles. The van der Waals surface area contributed by atoms with Gasteiger partial charge in [-0.3, -0.25) is 0 Å². The Kier molecular flexibility index (Phi) is 3.49.